The summed E-state index contributed by atoms with van der Waals surface area (Å²) in [7, 11) is 3.26. The fourth-order valence-electron chi connectivity index (χ4n) is 1.41. The standard InChI is InChI=1S/C9H9FN2O/c1-12-5-6(10)8-7(12)3-4-11-9(8)13-2/h3-5H,1-2H3. The molecule has 0 unspecified atom stereocenters. The van der Waals surface area contributed by atoms with E-state index >= 15 is 0 Å². The largest absolute Gasteiger partial charge is 0.480 e. The van der Waals surface area contributed by atoms with Crippen LogP contribution in [-0.2, 0) is 7.05 Å². The van der Waals surface area contributed by atoms with Gasteiger partial charge >= 0.3 is 0 Å². The van der Waals surface area contributed by atoms with Gasteiger partial charge in [0, 0.05) is 19.4 Å². The number of hydrogen-bond acceptors (Lipinski definition) is 2. The van der Waals surface area contributed by atoms with Crippen LogP contribution in [0.4, 0.5) is 4.39 Å². The molecular weight excluding hydrogens is 171 g/mol. The van der Waals surface area contributed by atoms with Crippen molar-refractivity contribution in [2.75, 3.05) is 7.11 Å². The van der Waals surface area contributed by atoms with Gasteiger partial charge in [0.2, 0.25) is 5.88 Å². The number of aryl methyl sites for hydroxylation is 1. The molecule has 0 atom stereocenters. The highest BCUT2D eigenvalue weighted by atomic mass is 19.1. The van der Waals surface area contributed by atoms with Crippen molar-refractivity contribution in [2.45, 2.75) is 0 Å². The van der Waals surface area contributed by atoms with Gasteiger partial charge < -0.3 is 9.30 Å². The number of rotatable bonds is 1. The van der Waals surface area contributed by atoms with E-state index in [9.17, 15) is 4.39 Å². The second kappa shape index (κ2) is 2.73. The van der Waals surface area contributed by atoms with Crippen molar-refractivity contribution >= 4 is 10.9 Å². The maximum Gasteiger partial charge on any atom is 0.225 e. The first-order valence-corrected chi connectivity index (χ1v) is 3.87. The first-order chi connectivity index (χ1) is 6.24. The van der Waals surface area contributed by atoms with E-state index in [2.05, 4.69) is 4.98 Å². The average Bonchev–Trinajstić information content (AvgIpc) is 2.43. The molecule has 13 heavy (non-hydrogen) atoms. The van der Waals surface area contributed by atoms with E-state index in [0.29, 0.717) is 11.3 Å². The predicted octanol–water partition coefficient (Wildman–Crippen LogP) is 1.72. The van der Waals surface area contributed by atoms with Crippen molar-refractivity contribution in [2.24, 2.45) is 7.05 Å². The zero-order valence-corrected chi connectivity index (χ0v) is 7.41. The van der Waals surface area contributed by atoms with Crippen LogP contribution in [0.5, 0.6) is 5.88 Å². The van der Waals surface area contributed by atoms with Crippen molar-refractivity contribution in [1.82, 2.24) is 9.55 Å². The van der Waals surface area contributed by atoms with Crippen LogP contribution in [0.25, 0.3) is 10.9 Å². The van der Waals surface area contributed by atoms with Crippen molar-refractivity contribution < 1.29 is 9.13 Å². The molecule has 0 saturated carbocycles. The van der Waals surface area contributed by atoms with E-state index < -0.39 is 0 Å². The fourth-order valence-corrected chi connectivity index (χ4v) is 1.41. The van der Waals surface area contributed by atoms with E-state index in [4.69, 9.17) is 4.74 Å². The van der Waals surface area contributed by atoms with Crippen molar-refractivity contribution in [3.8, 4) is 5.88 Å². The van der Waals surface area contributed by atoms with Crippen LogP contribution in [-0.4, -0.2) is 16.7 Å². The lowest BCUT2D eigenvalue weighted by Gasteiger charge is -2.00. The number of aromatic nitrogens is 2. The highest BCUT2D eigenvalue weighted by molar-refractivity contribution is 5.85. The van der Waals surface area contributed by atoms with Gasteiger partial charge in [-0.25, -0.2) is 9.37 Å². The van der Waals surface area contributed by atoms with Gasteiger partial charge in [0.25, 0.3) is 0 Å². The molecule has 3 nitrogen and oxygen atoms in total. The van der Waals surface area contributed by atoms with Gasteiger partial charge in [-0.05, 0) is 6.07 Å². The monoisotopic (exact) mass is 180 g/mol. The van der Waals surface area contributed by atoms with Crippen molar-refractivity contribution in [1.29, 1.82) is 0 Å². The zero-order chi connectivity index (χ0) is 9.42. The lowest BCUT2D eigenvalue weighted by atomic mass is 10.3. The highest BCUT2D eigenvalue weighted by Crippen LogP contribution is 2.26. The minimum Gasteiger partial charge on any atom is -0.480 e. The topological polar surface area (TPSA) is 27.1 Å². The summed E-state index contributed by atoms with van der Waals surface area (Å²) in [6.45, 7) is 0. The Morgan fingerprint density at radius 1 is 1.54 bits per heavy atom. The Balaban J connectivity index is 2.88. The van der Waals surface area contributed by atoms with E-state index in [0.717, 1.165) is 5.52 Å². The molecule has 2 aromatic rings. The number of methoxy groups -OCH3 is 1. The van der Waals surface area contributed by atoms with Gasteiger partial charge in [-0.15, -0.1) is 0 Å². The third kappa shape index (κ3) is 1.06. The molecule has 0 fully saturated rings. The molecule has 4 heteroatoms. The molecule has 0 amide bonds. The second-order valence-corrected chi connectivity index (χ2v) is 2.80. The molecule has 0 N–H and O–H groups in total. The van der Waals surface area contributed by atoms with Crippen LogP contribution in [0.3, 0.4) is 0 Å². The third-order valence-corrected chi connectivity index (χ3v) is 2.01. The van der Waals surface area contributed by atoms with Crippen molar-refractivity contribution in [3.63, 3.8) is 0 Å². The number of nitrogens with zero attached hydrogens (tertiary/aromatic N) is 2. The zero-order valence-electron chi connectivity index (χ0n) is 7.41. The maximum atomic E-state index is 13.3. The summed E-state index contributed by atoms with van der Waals surface area (Å²) < 4.78 is 20.0. The van der Waals surface area contributed by atoms with Crippen LogP contribution in [0.15, 0.2) is 18.5 Å². The minimum absolute atomic E-state index is 0.303. The Hall–Kier alpha value is -1.58. The van der Waals surface area contributed by atoms with Crippen LogP contribution in [0, 0.1) is 5.82 Å². The smallest absolute Gasteiger partial charge is 0.225 e. The molecular formula is C9H9FN2O. The minimum atomic E-state index is -0.303. The molecule has 0 aromatic carbocycles. The second-order valence-electron chi connectivity index (χ2n) is 2.80. The Morgan fingerprint density at radius 2 is 2.31 bits per heavy atom. The summed E-state index contributed by atoms with van der Waals surface area (Å²) in [5, 5.41) is 0.438. The van der Waals surface area contributed by atoms with Gasteiger partial charge in [-0.1, -0.05) is 0 Å². The Labute approximate surface area is 74.8 Å². The van der Waals surface area contributed by atoms with Crippen LogP contribution < -0.4 is 4.74 Å². The van der Waals surface area contributed by atoms with Crippen LogP contribution >= 0.6 is 0 Å². The fraction of sp³-hybridized carbons (Fsp3) is 0.222. The molecule has 0 aliphatic carbocycles. The Kier molecular flexibility index (Phi) is 1.69. The lowest BCUT2D eigenvalue weighted by molar-refractivity contribution is 0.402. The molecule has 0 bridgehead atoms. The van der Waals surface area contributed by atoms with Gasteiger partial charge in [0.1, 0.15) is 0 Å². The quantitative estimate of drug-likeness (QED) is 0.668. The molecule has 2 rings (SSSR count). The highest BCUT2D eigenvalue weighted by Gasteiger charge is 2.11. The molecule has 2 aromatic heterocycles. The summed E-state index contributed by atoms with van der Waals surface area (Å²) >= 11 is 0. The summed E-state index contributed by atoms with van der Waals surface area (Å²) in [5.41, 5.74) is 0.782. The molecule has 2 heterocycles. The van der Waals surface area contributed by atoms with E-state index in [1.54, 1.807) is 23.9 Å². The van der Waals surface area contributed by atoms with Crippen LogP contribution in [0.2, 0.25) is 0 Å². The molecule has 0 aliphatic heterocycles. The van der Waals surface area contributed by atoms with Crippen molar-refractivity contribution in [3.05, 3.63) is 24.3 Å². The third-order valence-electron chi connectivity index (χ3n) is 2.01. The molecule has 0 aliphatic rings. The first kappa shape index (κ1) is 8.04. The van der Waals surface area contributed by atoms with E-state index in [1.165, 1.54) is 13.3 Å². The van der Waals surface area contributed by atoms with E-state index in [1.807, 2.05) is 0 Å². The lowest BCUT2D eigenvalue weighted by Crippen LogP contribution is -1.89. The normalized spacial score (nSPS) is 10.7. The van der Waals surface area contributed by atoms with Gasteiger partial charge in [0.15, 0.2) is 5.82 Å². The van der Waals surface area contributed by atoms with Gasteiger partial charge in [-0.3, -0.25) is 0 Å². The summed E-state index contributed by atoms with van der Waals surface area (Å²) in [6.07, 6.45) is 3.01. The van der Waals surface area contributed by atoms with E-state index in [-0.39, 0.29) is 5.82 Å². The number of hydrogen-bond donors (Lipinski definition) is 0. The summed E-state index contributed by atoms with van der Waals surface area (Å²) in [6, 6.07) is 1.75. The van der Waals surface area contributed by atoms with Gasteiger partial charge in [-0.2, -0.15) is 0 Å². The molecule has 0 radical (unpaired) electrons. The van der Waals surface area contributed by atoms with Gasteiger partial charge in [0.05, 0.1) is 18.0 Å². The Morgan fingerprint density at radius 3 is 3.00 bits per heavy atom. The number of ether oxygens (including phenoxy) is 1. The maximum absolute atomic E-state index is 13.3. The Bertz CT molecular complexity index is 450. The number of halogens is 1. The molecule has 0 spiro atoms. The molecule has 0 saturated heterocycles. The summed E-state index contributed by atoms with van der Waals surface area (Å²) in [4.78, 5) is 3.92. The van der Waals surface area contributed by atoms with Crippen LogP contribution in [0.1, 0.15) is 0 Å². The molecule has 68 valence electrons. The number of fused-ring (bicyclic) bond motifs is 1. The average molecular weight is 180 g/mol. The summed E-state index contributed by atoms with van der Waals surface area (Å²) in [5.74, 6) is 0.0260. The predicted molar refractivity (Wildman–Crippen MR) is 47.2 cm³/mol. The SMILES string of the molecule is COc1nccc2c1c(F)cn2C. The first-order valence-electron chi connectivity index (χ1n) is 3.87. The number of pyridine rings is 1.